The molecule has 4 atom stereocenters. The number of para-hydroxylation sites is 1. The quantitative estimate of drug-likeness (QED) is 0.0310. The average Bonchev–Trinajstić information content (AvgIpc) is 3.62. The Kier molecular flexibility index (Phi) is 20.4. The van der Waals surface area contributed by atoms with Crippen molar-refractivity contribution in [2.45, 2.75) is 155 Å². The van der Waals surface area contributed by atoms with E-state index in [2.05, 4.69) is 22.5 Å². The van der Waals surface area contributed by atoms with Crippen LogP contribution in [0, 0.1) is 5.92 Å². The van der Waals surface area contributed by atoms with Crippen LogP contribution >= 0.6 is 0 Å². The summed E-state index contributed by atoms with van der Waals surface area (Å²) in [6.45, 7) is 5.26. The van der Waals surface area contributed by atoms with E-state index in [0.29, 0.717) is 55.1 Å². The topological polar surface area (TPSA) is 212 Å². The molecule has 15 heteroatoms. The zero-order valence-corrected chi connectivity index (χ0v) is 33.4. The van der Waals surface area contributed by atoms with Crippen LogP contribution in [0.5, 0.6) is 5.75 Å². The van der Waals surface area contributed by atoms with E-state index in [9.17, 15) is 39.5 Å². The van der Waals surface area contributed by atoms with Crippen LogP contribution in [0.1, 0.15) is 147 Å². The molecule has 0 unspecified atom stereocenters. The van der Waals surface area contributed by atoms with Gasteiger partial charge in [-0.05, 0) is 63.5 Å². The molecule has 1 fully saturated rings. The van der Waals surface area contributed by atoms with E-state index in [1.807, 2.05) is 0 Å². The molecule has 1 aromatic carbocycles. The van der Waals surface area contributed by atoms with Gasteiger partial charge in [-0.3, -0.25) is 29.6 Å². The van der Waals surface area contributed by atoms with Crippen LogP contribution in [0.25, 0.3) is 11.5 Å². The highest BCUT2D eigenvalue weighted by Gasteiger charge is 2.34. The maximum absolute atomic E-state index is 13.9. The van der Waals surface area contributed by atoms with E-state index >= 15 is 0 Å². The van der Waals surface area contributed by atoms with Gasteiger partial charge in [-0.25, -0.2) is 19.9 Å². The minimum atomic E-state index is -1.20. The first-order valence-electron chi connectivity index (χ1n) is 20.5. The molecule has 15 nitrogen and oxygen atoms in total. The number of aromatic hydroxyl groups is 1. The highest BCUT2D eigenvalue weighted by atomic mass is 16.5. The Morgan fingerprint density at radius 3 is 2.27 bits per heavy atom. The molecular formula is C41H63N5O10. The Balaban J connectivity index is 1.72. The maximum atomic E-state index is 13.9. The molecule has 0 bridgehead atoms. The lowest BCUT2D eigenvalue weighted by molar-refractivity contribution is -0.167. The standard InChI is InChI=1S/C41H63N5O10/c1-4-5-6-7-8-9-10-11-12-13-14-25-36(29(2)37(49)42-32-22-17-20-27-46(54)40(32)51)56-41(52)33(23-18-19-26-45(53)30(3)47)43-38(50)34-28-55-39(44-34)31-21-15-16-24-35(31)48/h15-16,21,24,28-29,32-33,36,48,53-54H,4-14,17-20,22-23,25-27H2,1-3H3,(H,42,49)(H,43,50)/t29-,32+,33-,36-/m1/s1. The molecule has 56 heavy (non-hydrogen) atoms. The Morgan fingerprint density at radius 1 is 0.964 bits per heavy atom. The first-order valence-corrected chi connectivity index (χ1v) is 20.5. The molecule has 1 saturated heterocycles. The number of aromatic nitrogens is 1. The fourth-order valence-corrected chi connectivity index (χ4v) is 6.69. The molecule has 1 aromatic heterocycles. The van der Waals surface area contributed by atoms with Crippen molar-refractivity contribution < 1.29 is 48.6 Å². The van der Waals surface area contributed by atoms with Gasteiger partial charge in [0.25, 0.3) is 11.8 Å². The summed E-state index contributed by atoms with van der Waals surface area (Å²) in [5.41, 5.74) is 0.131. The summed E-state index contributed by atoms with van der Waals surface area (Å²) in [5.74, 6) is -4.09. The van der Waals surface area contributed by atoms with Crippen LogP contribution in [0.3, 0.4) is 0 Å². The lowest BCUT2D eigenvalue weighted by atomic mass is 9.96. The number of carbonyl (C=O) groups is 5. The van der Waals surface area contributed by atoms with E-state index in [4.69, 9.17) is 9.15 Å². The summed E-state index contributed by atoms with van der Waals surface area (Å²) in [5, 5.41) is 36.7. The minimum Gasteiger partial charge on any atom is -0.507 e. The normalized spacial score (nSPS) is 16.1. The molecular weight excluding hydrogens is 722 g/mol. The van der Waals surface area contributed by atoms with Gasteiger partial charge >= 0.3 is 5.97 Å². The smallest absolute Gasteiger partial charge is 0.328 e. The third-order valence-corrected chi connectivity index (χ3v) is 10.2. The SMILES string of the molecule is CCCCCCCCCCCCC[C@@H](OC(=O)[C@@H](CCCCN(O)C(C)=O)NC(=O)c1coc(-c2ccccc2O)n1)[C@@H](C)C(=O)N[C@H]1CCCCN(O)C1=O. The van der Waals surface area contributed by atoms with Gasteiger partial charge in [-0.2, -0.15) is 0 Å². The molecule has 0 radical (unpaired) electrons. The zero-order valence-electron chi connectivity index (χ0n) is 33.4. The molecule has 3 rings (SSSR count). The van der Waals surface area contributed by atoms with Crippen molar-refractivity contribution in [2.75, 3.05) is 13.1 Å². The summed E-state index contributed by atoms with van der Waals surface area (Å²) >= 11 is 0. The van der Waals surface area contributed by atoms with Crippen molar-refractivity contribution in [2.24, 2.45) is 5.92 Å². The van der Waals surface area contributed by atoms with E-state index in [-0.39, 0.29) is 42.4 Å². The number of nitrogens with one attached hydrogen (secondary N) is 2. The fourth-order valence-electron chi connectivity index (χ4n) is 6.69. The molecule has 2 heterocycles. The first kappa shape index (κ1) is 45.9. The number of ether oxygens (including phenoxy) is 1. The van der Waals surface area contributed by atoms with Crippen LogP contribution in [-0.2, 0) is 23.9 Å². The Labute approximate surface area is 330 Å². The number of benzene rings is 1. The van der Waals surface area contributed by atoms with Crippen LogP contribution in [-0.4, -0.2) is 91.5 Å². The molecule has 5 N–H and O–H groups in total. The number of hydroxylamine groups is 4. The summed E-state index contributed by atoms with van der Waals surface area (Å²) < 4.78 is 11.5. The van der Waals surface area contributed by atoms with Crippen LogP contribution < -0.4 is 10.6 Å². The van der Waals surface area contributed by atoms with Crippen LogP contribution in [0.15, 0.2) is 34.9 Å². The third kappa shape index (κ3) is 15.6. The van der Waals surface area contributed by atoms with Crippen molar-refractivity contribution in [3.8, 4) is 17.2 Å². The van der Waals surface area contributed by atoms with Crippen molar-refractivity contribution in [1.29, 1.82) is 0 Å². The molecule has 0 aliphatic carbocycles. The molecule has 1 aliphatic heterocycles. The number of hydrogen-bond acceptors (Lipinski definition) is 11. The Hall–Kier alpha value is -4.50. The molecule has 312 valence electrons. The summed E-state index contributed by atoms with van der Waals surface area (Å²) in [6.07, 6.45) is 15.2. The number of hydrogen-bond donors (Lipinski definition) is 5. The van der Waals surface area contributed by atoms with Crippen molar-refractivity contribution in [1.82, 2.24) is 25.7 Å². The van der Waals surface area contributed by atoms with Gasteiger partial charge in [-0.15, -0.1) is 0 Å². The molecule has 0 spiro atoms. The Morgan fingerprint density at radius 2 is 1.61 bits per heavy atom. The van der Waals surface area contributed by atoms with Crippen LogP contribution in [0.4, 0.5) is 0 Å². The molecule has 4 amide bonds. The highest BCUT2D eigenvalue weighted by Crippen LogP contribution is 2.28. The number of esters is 1. The van der Waals surface area contributed by atoms with Crippen molar-refractivity contribution >= 4 is 29.6 Å². The second kappa shape index (κ2) is 24.9. The summed E-state index contributed by atoms with van der Waals surface area (Å²) in [4.78, 5) is 69.4. The number of rotatable bonds is 25. The van der Waals surface area contributed by atoms with Gasteiger partial charge < -0.3 is 24.9 Å². The lowest BCUT2D eigenvalue weighted by Crippen LogP contribution is -2.50. The molecule has 0 saturated carbocycles. The first-order chi connectivity index (χ1) is 26.9. The highest BCUT2D eigenvalue weighted by molar-refractivity contribution is 5.95. The maximum Gasteiger partial charge on any atom is 0.328 e. The van der Waals surface area contributed by atoms with Gasteiger partial charge in [0.05, 0.1) is 11.5 Å². The van der Waals surface area contributed by atoms with E-state index in [1.54, 1.807) is 25.1 Å². The van der Waals surface area contributed by atoms with Gasteiger partial charge in [0.2, 0.25) is 17.7 Å². The zero-order chi connectivity index (χ0) is 40.9. The number of oxazole rings is 1. The van der Waals surface area contributed by atoms with Crippen molar-refractivity contribution in [3.05, 3.63) is 36.2 Å². The summed E-state index contributed by atoms with van der Waals surface area (Å²) in [7, 11) is 0. The third-order valence-electron chi connectivity index (χ3n) is 10.2. The number of amides is 4. The predicted molar refractivity (Wildman–Crippen MR) is 207 cm³/mol. The number of carbonyl (C=O) groups excluding carboxylic acids is 5. The predicted octanol–water partition coefficient (Wildman–Crippen LogP) is 6.69. The van der Waals surface area contributed by atoms with Crippen LogP contribution in [0.2, 0.25) is 0 Å². The monoisotopic (exact) mass is 785 g/mol. The number of unbranched alkanes of at least 4 members (excludes halogenated alkanes) is 11. The fraction of sp³-hybridized carbons (Fsp3) is 0.659. The Bertz CT molecular complexity index is 1530. The average molecular weight is 786 g/mol. The second-order valence-corrected chi connectivity index (χ2v) is 14.8. The largest absolute Gasteiger partial charge is 0.507 e. The van der Waals surface area contributed by atoms with E-state index < -0.39 is 53.7 Å². The number of phenols is 1. The minimum absolute atomic E-state index is 0.00277. The second-order valence-electron chi connectivity index (χ2n) is 14.8. The van der Waals surface area contributed by atoms with Crippen molar-refractivity contribution in [3.63, 3.8) is 0 Å². The molecule has 1 aliphatic rings. The van der Waals surface area contributed by atoms with Gasteiger partial charge in [0.15, 0.2) is 5.69 Å². The van der Waals surface area contributed by atoms with Gasteiger partial charge in [0.1, 0.15) is 30.2 Å². The van der Waals surface area contributed by atoms with E-state index in [1.165, 1.54) is 51.5 Å². The summed E-state index contributed by atoms with van der Waals surface area (Å²) in [6, 6.07) is 4.23. The number of phenolic OH excluding ortho intramolecular Hbond substituents is 1. The number of nitrogens with zero attached hydrogens (tertiary/aromatic N) is 3. The lowest BCUT2D eigenvalue weighted by Gasteiger charge is -2.28. The van der Waals surface area contributed by atoms with E-state index in [0.717, 1.165) is 31.9 Å². The molecule has 2 aromatic rings. The van der Waals surface area contributed by atoms with Gasteiger partial charge in [-0.1, -0.05) is 90.2 Å². The van der Waals surface area contributed by atoms with Gasteiger partial charge in [0, 0.05) is 20.0 Å².